The molecule has 3 nitrogen and oxygen atoms in total. The van der Waals surface area contributed by atoms with Crippen LogP contribution < -0.4 is 10.6 Å². The highest BCUT2D eigenvalue weighted by Crippen LogP contribution is 2.28. The molecule has 2 atom stereocenters. The van der Waals surface area contributed by atoms with Crippen molar-refractivity contribution in [3.05, 3.63) is 17.8 Å². The second kappa shape index (κ2) is 4.32. The predicted molar refractivity (Wildman–Crippen MR) is 68.5 cm³/mol. The van der Waals surface area contributed by atoms with Crippen LogP contribution in [-0.4, -0.2) is 18.1 Å². The summed E-state index contributed by atoms with van der Waals surface area (Å²) in [6, 6.07) is 3.93. The Morgan fingerprint density at radius 2 is 1.88 bits per heavy atom. The Labute approximate surface area is 97.7 Å². The number of hydrogen-bond acceptors (Lipinski definition) is 3. The zero-order chi connectivity index (χ0) is 11.7. The highest BCUT2D eigenvalue weighted by molar-refractivity contribution is 5.63. The Hall–Kier alpha value is -1.25. The van der Waals surface area contributed by atoms with E-state index < -0.39 is 0 Å². The zero-order valence-electron chi connectivity index (χ0n) is 10.4. The summed E-state index contributed by atoms with van der Waals surface area (Å²) in [7, 11) is 0. The van der Waals surface area contributed by atoms with Crippen molar-refractivity contribution in [2.24, 2.45) is 11.8 Å². The molecule has 1 aromatic rings. The molecule has 1 fully saturated rings. The van der Waals surface area contributed by atoms with Gasteiger partial charge in [-0.05, 0) is 37.3 Å². The molecule has 0 aromatic carbocycles. The van der Waals surface area contributed by atoms with E-state index in [1.165, 1.54) is 6.42 Å². The average molecular weight is 219 g/mol. The maximum absolute atomic E-state index is 6.01. The van der Waals surface area contributed by atoms with Gasteiger partial charge in [-0.1, -0.05) is 13.8 Å². The minimum atomic E-state index is 0.727. The fourth-order valence-electron chi connectivity index (χ4n) is 2.64. The van der Waals surface area contributed by atoms with Crippen LogP contribution in [-0.2, 0) is 0 Å². The van der Waals surface area contributed by atoms with Crippen molar-refractivity contribution in [2.45, 2.75) is 27.2 Å². The lowest BCUT2D eigenvalue weighted by atomic mass is 9.92. The third kappa shape index (κ3) is 2.29. The molecular weight excluding hydrogens is 198 g/mol. The van der Waals surface area contributed by atoms with Gasteiger partial charge in [0.25, 0.3) is 0 Å². The first-order valence-electron chi connectivity index (χ1n) is 6.04. The van der Waals surface area contributed by atoms with Crippen LogP contribution in [0.4, 0.5) is 11.5 Å². The minimum absolute atomic E-state index is 0.727. The predicted octanol–water partition coefficient (Wildman–Crippen LogP) is 2.45. The molecule has 0 aliphatic carbocycles. The van der Waals surface area contributed by atoms with Gasteiger partial charge in [0.05, 0.1) is 5.69 Å². The van der Waals surface area contributed by atoms with Gasteiger partial charge >= 0.3 is 0 Å². The molecule has 0 saturated carbocycles. The number of rotatable bonds is 1. The molecule has 2 heterocycles. The topological polar surface area (TPSA) is 42.1 Å². The molecule has 0 radical (unpaired) electrons. The number of nitrogens with two attached hydrogens (primary N) is 1. The maximum Gasteiger partial charge on any atom is 0.152 e. The summed E-state index contributed by atoms with van der Waals surface area (Å²) in [5.41, 5.74) is 7.84. The van der Waals surface area contributed by atoms with Crippen LogP contribution >= 0.6 is 0 Å². The van der Waals surface area contributed by atoms with Gasteiger partial charge in [-0.3, -0.25) is 0 Å². The van der Waals surface area contributed by atoms with Crippen LogP contribution in [0, 0.1) is 18.8 Å². The molecule has 0 spiro atoms. The molecule has 1 aliphatic rings. The first-order chi connectivity index (χ1) is 7.56. The fourth-order valence-corrected chi connectivity index (χ4v) is 2.64. The van der Waals surface area contributed by atoms with Crippen molar-refractivity contribution >= 4 is 11.5 Å². The van der Waals surface area contributed by atoms with E-state index in [2.05, 4.69) is 23.7 Å². The number of aromatic nitrogens is 1. The molecule has 1 saturated heterocycles. The second-order valence-electron chi connectivity index (χ2n) is 5.22. The van der Waals surface area contributed by atoms with E-state index in [0.717, 1.165) is 42.1 Å². The van der Waals surface area contributed by atoms with Crippen molar-refractivity contribution in [1.82, 2.24) is 4.98 Å². The first-order valence-corrected chi connectivity index (χ1v) is 6.04. The molecule has 0 bridgehead atoms. The van der Waals surface area contributed by atoms with Gasteiger partial charge in [0.15, 0.2) is 5.82 Å². The van der Waals surface area contributed by atoms with Gasteiger partial charge in [-0.15, -0.1) is 0 Å². The largest absolute Gasteiger partial charge is 0.396 e. The van der Waals surface area contributed by atoms with Crippen LogP contribution in [0.3, 0.4) is 0 Å². The van der Waals surface area contributed by atoms with Crippen molar-refractivity contribution < 1.29 is 0 Å². The lowest BCUT2D eigenvalue weighted by molar-refractivity contribution is 0.355. The normalized spacial score (nSPS) is 25.8. The standard InChI is InChI=1S/C13H21N3/c1-9-6-10(2)8-16(7-9)13-12(14)5-4-11(3)15-13/h4-5,9-10H,6-8,14H2,1-3H3. The lowest BCUT2D eigenvalue weighted by Crippen LogP contribution is -2.39. The van der Waals surface area contributed by atoms with Crippen molar-refractivity contribution in [2.75, 3.05) is 23.7 Å². The Kier molecular flexibility index (Phi) is 3.03. The molecule has 0 amide bonds. The van der Waals surface area contributed by atoms with Crippen LogP contribution in [0.2, 0.25) is 0 Å². The van der Waals surface area contributed by atoms with E-state index in [4.69, 9.17) is 5.73 Å². The summed E-state index contributed by atoms with van der Waals surface area (Å²) in [4.78, 5) is 6.90. The number of nitrogens with zero attached hydrogens (tertiary/aromatic N) is 2. The number of hydrogen-bond donors (Lipinski definition) is 1. The first kappa shape index (κ1) is 11.2. The summed E-state index contributed by atoms with van der Waals surface area (Å²) in [6.45, 7) is 8.76. The molecule has 16 heavy (non-hydrogen) atoms. The quantitative estimate of drug-likeness (QED) is 0.789. The lowest BCUT2D eigenvalue weighted by Gasteiger charge is -2.36. The third-order valence-electron chi connectivity index (χ3n) is 3.21. The van der Waals surface area contributed by atoms with Crippen LogP contribution in [0.5, 0.6) is 0 Å². The second-order valence-corrected chi connectivity index (χ2v) is 5.22. The van der Waals surface area contributed by atoms with Gasteiger partial charge in [-0.2, -0.15) is 0 Å². The van der Waals surface area contributed by atoms with E-state index in [1.807, 2.05) is 19.1 Å². The molecule has 1 aromatic heterocycles. The van der Waals surface area contributed by atoms with Gasteiger partial charge in [0, 0.05) is 18.8 Å². The third-order valence-corrected chi connectivity index (χ3v) is 3.21. The molecule has 2 unspecified atom stereocenters. The summed E-state index contributed by atoms with van der Waals surface area (Å²) < 4.78 is 0. The van der Waals surface area contributed by atoms with E-state index >= 15 is 0 Å². The molecule has 3 heteroatoms. The van der Waals surface area contributed by atoms with Crippen molar-refractivity contribution in [3.8, 4) is 0 Å². The Bertz CT molecular complexity index is 365. The fraction of sp³-hybridized carbons (Fsp3) is 0.615. The molecule has 1 aliphatic heterocycles. The van der Waals surface area contributed by atoms with E-state index in [9.17, 15) is 0 Å². The van der Waals surface area contributed by atoms with E-state index in [1.54, 1.807) is 0 Å². The summed E-state index contributed by atoms with van der Waals surface area (Å²) >= 11 is 0. The van der Waals surface area contributed by atoms with Crippen LogP contribution in [0.15, 0.2) is 12.1 Å². The Balaban J connectivity index is 2.25. The van der Waals surface area contributed by atoms with Gasteiger partial charge < -0.3 is 10.6 Å². The number of aryl methyl sites for hydroxylation is 1. The Morgan fingerprint density at radius 1 is 1.25 bits per heavy atom. The maximum atomic E-state index is 6.01. The van der Waals surface area contributed by atoms with E-state index in [-0.39, 0.29) is 0 Å². The summed E-state index contributed by atoms with van der Waals surface area (Å²) in [5.74, 6) is 2.43. The zero-order valence-corrected chi connectivity index (χ0v) is 10.4. The molecular formula is C13H21N3. The highest BCUT2D eigenvalue weighted by Gasteiger charge is 2.23. The van der Waals surface area contributed by atoms with Crippen molar-refractivity contribution in [3.63, 3.8) is 0 Å². The number of piperidine rings is 1. The van der Waals surface area contributed by atoms with Gasteiger partial charge in [0.1, 0.15) is 0 Å². The monoisotopic (exact) mass is 219 g/mol. The molecule has 88 valence electrons. The highest BCUT2D eigenvalue weighted by atomic mass is 15.2. The minimum Gasteiger partial charge on any atom is -0.396 e. The Morgan fingerprint density at radius 3 is 2.50 bits per heavy atom. The smallest absolute Gasteiger partial charge is 0.152 e. The SMILES string of the molecule is Cc1ccc(N)c(N2CC(C)CC(C)C2)n1. The van der Waals surface area contributed by atoms with Crippen molar-refractivity contribution in [1.29, 1.82) is 0 Å². The molecule has 2 rings (SSSR count). The summed E-state index contributed by atoms with van der Waals surface area (Å²) in [6.07, 6.45) is 1.31. The molecule has 2 N–H and O–H groups in total. The van der Waals surface area contributed by atoms with Crippen LogP contribution in [0.1, 0.15) is 26.0 Å². The van der Waals surface area contributed by atoms with Gasteiger partial charge in [0.2, 0.25) is 0 Å². The number of pyridine rings is 1. The number of nitrogen functional groups attached to an aromatic ring is 1. The average Bonchev–Trinajstić information content (AvgIpc) is 2.20. The summed E-state index contributed by atoms with van der Waals surface area (Å²) in [5, 5.41) is 0. The number of anilines is 2. The van der Waals surface area contributed by atoms with E-state index in [0.29, 0.717) is 0 Å². The van der Waals surface area contributed by atoms with Crippen LogP contribution in [0.25, 0.3) is 0 Å². The van der Waals surface area contributed by atoms with Gasteiger partial charge in [-0.25, -0.2) is 4.98 Å².